The van der Waals surface area contributed by atoms with Gasteiger partial charge in [-0.25, -0.2) is 0 Å². The standard InChI is InChI=1S/C18H23N3O/c1-20-17-5-3-2-4-14(17)8-15(18(20)22)12-21-11-13-6-7-16(21)10-19-9-13/h2-5,8,13,16,19H,6-7,9-12H2,1H3/t13-,16+/m1/s1. The molecule has 2 atom stereocenters. The first kappa shape index (κ1) is 14.0. The minimum absolute atomic E-state index is 0.145. The first-order valence-electron chi connectivity index (χ1n) is 8.25. The summed E-state index contributed by atoms with van der Waals surface area (Å²) in [5.74, 6) is 0.739. The maximum absolute atomic E-state index is 12.7. The number of rotatable bonds is 2. The molecule has 2 aromatic rings. The molecule has 3 fully saturated rings. The lowest BCUT2D eigenvalue weighted by Gasteiger charge is -2.36. The SMILES string of the molecule is Cn1c(=O)c(CN2C[C@@H]3CC[C@H]2CNC3)cc2ccccc21. The van der Waals surface area contributed by atoms with Crippen molar-refractivity contribution in [3.8, 4) is 0 Å². The van der Waals surface area contributed by atoms with E-state index in [1.54, 1.807) is 4.57 Å². The molecule has 0 unspecified atom stereocenters. The van der Waals surface area contributed by atoms with Crippen molar-refractivity contribution < 1.29 is 0 Å². The van der Waals surface area contributed by atoms with Gasteiger partial charge < -0.3 is 9.88 Å². The Kier molecular flexibility index (Phi) is 3.51. The highest BCUT2D eigenvalue weighted by Crippen LogP contribution is 2.25. The average molecular weight is 297 g/mol. The van der Waals surface area contributed by atoms with E-state index in [1.165, 1.54) is 12.8 Å². The van der Waals surface area contributed by atoms with Gasteiger partial charge in [-0.15, -0.1) is 0 Å². The zero-order chi connectivity index (χ0) is 15.1. The molecule has 0 saturated carbocycles. The van der Waals surface area contributed by atoms with Crippen molar-refractivity contribution in [1.29, 1.82) is 0 Å². The van der Waals surface area contributed by atoms with Crippen LogP contribution >= 0.6 is 0 Å². The molecular formula is C18H23N3O. The van der Waals surface area contributed by atoms with Gasteiger partial charge >= 0.3 is 0 Å². The number of piperidine rings is 1. The Bertz CT molecular complexity index is 748. The van der Waals surface area contributed by atoms with Gasteiger partial charge in [0.2, 0.25) is 0 Å². The second-order valence-corrected chi connectivity index (χ2v) is 6.78. The number of nitrogens with zero attached hydrogens (tertiary/aromatic N) is 2. The monoisotopic (exact) mass is 297 g/mol. The average Bonchev–Trinajstić information content (AvgIpc) is 2.88. The fraction of sp³-hybridized carbons (Fsp3) is 0.500. The van der Waals surface area contributed by atoms with Crippen LogP contribution < -0.4 is 10.9 Å². The molecule has 116 valence electrons. The molecule has 1 aromatic carbocycles. The number of pyridine rings is 1. The summed E-state index contributed by atoms with van der Waals surface area (Å²) in [5.41, 5.74) is 2.08. The van der Waals surface area contributed by atoms with Gasteiger partial charge in [0.15, 0.2) is 0 Å². The van der Waals surface area contributed by atoms with Crippen molar-refractivity contribution in [2.45, 2.75) is 25.4 Å². The lowest BCUT2D eigenvalue weighted by molar-refractivity contribution is 0.125. The van der Waals surface area contributed by atoms with E-state index in [2.05, 4.69) is 22.3 Å². The molecule has 4 heteroatoms. The Balaban J connectivity index is 1.69. The third kappa shape index (κ3) is 2.36. The molecule has 1 aromatic heterocycles. The first-order chi connectivity index (χ1) is 10.7. The molecule has 22 heavy (non-hydrogen) atoms. The Labute approximate surface area is 130 Å². The number of aromatic nitrogens is 1. The summed E-state index contributed by atoms with van der Waals surface area (Å²) < 4.78 is 1.79. The summed E-state index contributed by atoms with van der Waals surface area (Å²) >= 11 is 0. The van der Waals surface area contributed by atoms with Crippen molar-refractivity contribution in [1.82, 2.24) is 14.8 Å². The molecule has 0 amide bonds. The number of aryl methyl sites for hydroxylation is 1. The van der Waals surface area contributed by atoms with Crippen LogP contribution in [0.3, 0.4) is 0 Å². The second kappa shape index (κ2) is 5.52. The Hall–Kier alpha value is -1.65. The fourth-order valence-electron chi connectivity index (χ4n) is 4.05. The van der Waals surface area contributed by atoms with Gasteiger partial charge in [-0.05, 0) is 42.8 Å². The summed E-state index contributed by atoms with van der Waals surface area (Å²) in [6.45, 7) is 4.08. The van der Waals surface area contributed by atoms with Crippen molar-refractivity contribution >= 4 is 10.9 Å². The number of hydrogen-bond acceptors (Lipinski definition) is 3. The summed E-state index contributed by atoms with van der Waals surface area (Å²) in [7, 11) is 1.88. The molecule has 5 rings (SSSR count). The molecule has 0 spiro atoms. The van der Waals surface area contributed by atoms with Crippen molar-refractivity contribution in [3.05, 3.63) is 46.2 Å². The summed E-state index contributed by atoms with van der Waals surface area (Å²) in [5, 5.41) is 4.71. The summed E-state index contributed by atoms with van der Waals surface area (Å²) in [6.07, 6.45) is 2.58. The molecule has 1 N–H and O–H groups in total. The third-order valence-electron chi connectivity index (χ3n) is 5.31. The van der Waals surface area contributed by atoms with E-state index >= 15 is 0 Å². The van der Waals surface area contributed by atoms with E-state index in [9.17, 15) is 4.79 Å². The highest BCUT2D eigenvalue weighted by atomic mass is 16.1. The molecule has 3 saturated heterocycles. The van der Waals surface area contributed by atoms with Gasteiger partial charge in [-0.2, -0.15) is 0 Å². The zero-order valence-corrected chi connectivity index (χ0v) is 13.1. The third-order valence-corrected chi connectivity index (χ3v) is 5.31. The first-order valence-corrected chi connectivity index (χ1v) is 8.25. The van der Waals surface area contributed by atoms with Gasteiger partial charge in [-0.3, -0.25) is 9.69 Å². The van der Waals surface area contributed by atoms with E-state index in [4.69, 9.17) is 0 Å². The zero-order valence-electron chi connectivity index (χ0n) is 13.1. The molecular weight excluding hydrogens is 274 g/mol. The number of nitrogens with one attached hydrogen (secondary N) is 1. The van der Waals surface area contributed by atoms with Gasteiger partial charge in [0.05, 0.1) is 5.52 Å². The van der Waals surface area contributed by atoms with Crippen LogP contribution in [0.15, 0.2) is 35.1 Å². The van der Waals surface area contributed by atoms with Gasteiger partial charge in [-0.1, -0.05) is 18.2 Å². The Morgan fingerprint density at radius 2 is 2.09 bits per heavy atom. The molecule has 3 aliphatic rings. The summed E-state index contributed by atoms with van der Waals surface area (Å²) in [4.78, 5) is 15.2. The van der Waals surface area contributed by atoms with E-state index in [0.717, 1.165) is 48.6 Å². The molecule has 4 nitrogen and oxygen atoms in total. The van der Waals surface area contributed by atoms with Gasteiger partial charge in [0.25, 0.3) is 5.56 Å². The highest BCUT2D eigenvalue weighted by Gasteiger charge is 2.31. The van der Waals surface area contributed by atoms with Crippen LogP contribution in [-0.4, -0.2) is 35.1 Å². The Morgan fingerprint density at radius 3 is 3.00 bits per heavy atom. The molecule has 0 radical (unpaired) electrons. The lowest BCUT2D eigenvalue weighted by atomic mass is 9.94. The van der Waals surface area contributed by atoms with Crippen molar-refractivity contribution in [2.24, 2.45) is 13.0 Å². The Morgan fingerprint density at radius 1 is 1.23 bits per heavy atom. The number of hydrogen-bond donors (Lipinski definition) is 1. The number of fused-ring (bicyclic) bond motifs is 5. The van der Waals surface area contributed by atoms with Crippen LogP contribution in [0.25, 0.3) is 10.9 Å². The normalized spacial score (nSPS) is 25.5. The lowest BCUT2D eigenvalue weighted by Crippen LogP contribution is -2.44. The fourth-order valence-corrected chi connectivity index (χ4v) is 4.05. The maximum Gasteiger partial charge on any atom is 0.255 e. The van der Waals surface area contributed by atoms with Crippen LogP contribution in [0.2, 0.25) is 0 Å². The van der Waals surface area contributed by atoms with Crippen LogP contribution in [0.1, 0.15) is 18.4 Å². The predicted molar refractivity (Wildman–Crippen MR) is 89.0 cm³/mol. The van der Waals surface area contributed by atoms with Crippen molar-refractivity contribution in [2.75, 3.05) is 19.6 Å². The molecule has 3 aliphatic heterocycles. The molecule has 2 bridgehead atoms. The maximum atomic E-state index is 12.7. The van der Waals surface area contributed by atoms with Gasteiger partial charge in [0.1, 0.15) is 0 Å². The number of benzene rings is 1. The molecule has 0 aliphatic carbocycles. The van der Waals surface area contributed by atoms with Gasteiger partial charge in [0, 0.05) is 38.3 Å². The van der Waals surface area contributed by atoms with Crippen LogP contribution in [0.5, 0.6) is 0 Å². The molecule has 4 heterocycles. The quantitative estimate of drug-likeness (QED) is 0.917. The van der Waals surface area contributed by atoms with E-state index in [1.807, 2.05) is 25.2 Å². The van der Waals surface area contributed by atoms with Crippen molar-refractivity contribution in [3.63, 3.8) is 0 Å². The van der Waals surface area contributed by atoms with E-state index in [-0.39, 0.29) is 5.56 Å². The van der Waals surface area contributed by atoms with Crippen LogP contribution in [-0.2, 0) is 13.6 Å². The smallest absolute Gasteiger partial charge is 0.255 e. The minimum atomic E-state index is 0.145. The highest BCUT2D eigenvalue weighted by molar-refractivity contribution is 5.79. The van der Waals surface area contributed by atoms with E-state index < -0.39 is 0 Å². The predicted octanol–water partition coefficient (Wildman–Crippen LogP) is 1.72. The number of para-hydroxylation sites is 1. The van der Waals surface area contributed by atoms with Crippen LogP contribution in [0.4, 0.5) is 0 Å². The van der Waals surface area contributed by atoms with Crippen LogP contribution in [0, 0.1) is 5.92 Å². The second-order valence-electron chi connectivity index (χ2n) is 6.78. The topological polar surface area (TPSA) is 37.3 Å². The summed E-state index contributed by atoms with van der Waals surface area (Å²) in [6, 6.07) is 10.8. The van der Waals surface area contributed by atoms with E-state index in [0.29, 0.717) is 6.04 Å². The minimum Gasteiger partial charge on any atom is -0.315 e. The largest absolute Gasteiger partial charge is 0.315 e.